The number of nitrogens with two attached hydrogens (primary N) is 1. The van der Waals surface area contributed by atoms with E-state index in [0.29, 0.717) is 11.3 Å². The van der Waals surface area contributed by atoms with Crippen LogP contribution in [-0.4, -0.2) is 43.3 Å². The third-order valence-electron chi connectivity index (χ3n) is 3.77. The lowest BCUT2D eigenvalue weighted by molar-refractivity contribution is 0.0712. The van der Waals surface area contributed by atoms with Gasteiger partial charge in [-0.05, 0) is 38.0 Å². The van der Waals surface area contributed by atoms with Crippen molar-refractivity contribution in [2.24, 2.45) is 0 Å². The zero-order valence-electron chi connectivity index (χ0n) is 12.0. The summed E-state index contributed by atoms with van der Waals surface area (Å²) in [5, 5.41) is 0. The molecular formula is C14H20N2O3S. The molecule has 0 spiro atoms. The molecule has 0 aromatic heterocycles. The molecule has 2 rings (SSSR count). The number of benzene rings is 1. The van der Waals surface area contributed by atoms with Crippen molar-refractivity contribution < 1.29 is 13.2 Å². The summed E-state index contributed by atoms with van der Waals surface area (Å²) < 4.78 is 23.1. The van der Waals surface area contributed by atoms with Crippen LogP contribution in [0.5, 0.6) is 0 Å². The van der Waals surface area contributed by atoms with E-state index in [0.717, 1.165) is 11.1 Å². The van der Waals surface area contributed by atoms with Crippen LogP contribution in [0, 0.1) is 13.8 Å². The Balaban J connectivity index is 2.31. The maximum atomic E-state index is 12.6. The smallest absolute Gasteiger partial charge is 0.254 e. The van der Waals surface area contributed by atoms with Gasteiger partial charge in [-0.25, -0.2) is 8.42 Å². The summed E-state index contributed by atoms with van der Waals surface area (Å²) in [7, 11) is -3.02. The summed E-state index contributed by atoms with van der Waals surface area (Å²) >= 11 is 0. The number of sulfone groups is 1. The van der Waals surface area contributed by atoms with Crippen molar-refractivity contribution in [1.82, 2.24) is 4.90 Å². The van der Waals surface area contributed by atoms with E-state index in [2.05, 4.69) is 0 Å². The Hall–Kier alpha value is -1.56. The van der Waals surface area contributed by atoms with Crippen molar-refractivity contribution in [2.45, 2.75) is 26.8 Å². The molecule has 1 atom stereocenters. The van der Waals surface area contributed by atoms with Crippen molar-refractivity contribution in [3.05, 3.63) is 28.8 Å². The van der Waals surface area contributed by atoms with Gasteiger partial charge in [0.25, 0.3) is 5.91 Å². The molecule has 1 unspecified atom stereocenters. The number of hydrogen-bond acceptors (Lipinski definition) is 4. The predicted molar refractivity (Wildman–Crippen MR) is 79.5 cm³/mol. The summed E-state index contributed by atoms with van der Waals surface area (Å²) in [6.07, 6.45) is 0. The van der Waals surface area contributed by atoms with Crippen LogP contribution >= 0.6 is 0 Å². The number of amides is 1. The summed E-state index contributed by atoms with van der Waals surface area (Å²) in [6, 6.07) is 3.26. The largest absolute Gasteiger partial charge is 0.398 e. The van der Waals surface area contributed by atoms with E-state index in [4.69, 9.17) is 5.73 Å². The van der Waals surface area contributed by atoms with E-state index in [1.165, 1.54) is 0 Å². The first-order chi connectivity index (χ1) is 9.21. The SMILES string of the molecule is Cc1cc(C)c(C(=O)N2CCS(=O)(=O)CC2C)cc1N. The second kappa shape index (κ2) is 5.09. The molecule has 5 nitrogen and oxygen atoms in total. The summed E-state index contributed by atoms with van der Waals surface area (Å²) in [5.74, 6) is -0.0839. The fourth-order valence-electron chi connectivity index (χ4n) is 2.55. The van der Waals surface area contributed by atoms with E-state index in [1.54, 1.807) is 17.9 Å². The number of nitrogen functional groups attached to an aromatic ring is 1. The third kappa shape index (κ3) is 2.80. The fraction of sp³-hybridized carbons (Fsp3) is 0.500. The van der Waals surface area contributed by atoms with E-state index < -0.39 is 9.84 Å². The molecule has 0 saturated carbocycles. The molecule has 1 fully saturated rings. The number of anilines is 1. The van der Waals surface area contributed by atoms with Gasteiger partial charge in [0.2, 0.25) is 0 Å². The minimum absolute atomic E-state index is 0.0269. The van der Waals surface area contributed by atoms with Crippen LogP contribution in [0.4, 0.5) is 5.69 Å². The molecular weight excluding hydrogens is 276 g/mol. The average molecular weight is 296 g/mol. The maximum Gasteiger partial charge on any atom is 0.254 e. The van der Waals surface area contributed by atoms with Crippen molar-refractivity contribution in [1.29, 1.82) is 0 Å². The Morgan fingerprint density at radius 3 is 2.55 bits per heavy atom. The summed E-state index contributed by atoms with van der Waals surface area (Å²) in [4.78, 5) is 14.2. The lowest BCUT2D eigenvalue weighted by atomic mass is 10.0. The molecule has 1 saturated heterocycles. The van der Waals surface area contributed by atoms with Crippen LogP contribution in [0.3, 0.4) is 0 Å². The lowest BCUT2D eigenvalue weighted by Gasteiger charge is -2.33. The van der Waals surface area contributed by atoms with Gasteiger partial charge in [0.05, 0.1) is 11.5 Å². The fourth-order valence-corrected chi connectivity index (χ4v) is 4.11. The van der Waals surface area contributed by atoms with Gasteiger partial charge < -0.3 is 10.6 Å². The number of hydrogen-bond donors (Lipinski definition) is 1. The molecule has 1 amide bonds. The first kappa shape index (κ1) is 14.8. The van der Waals surface area contributed by atoms with Crippen molar-refractivity contribution in [2.75, 3.05) is 23.8 Å². The Morgan fingerprint density at radius 2 is 1.95 bits per heavy atom. The highest BCUT2D eigenvalue weighted by atomic mass is 32.2. The highest BCUT2D eigenvalue weighted by Crippen LogP contribution is 2.22. The Labute approximate surface area is 119 Å². The van der Waals surface area contributed by atoms with Gasteiger partial charge in [-0.3, -0.25) is 4.79 Å². The topological polar surface area (TPSA) is 80.5 Å². The minimum atomic E-state index is -3.02. The van der Waals surface area contributed by atoms with Gasteiger partial charge in [0, 0.05) is 23.8 Å². The van der Waals surface area contributed by atoms with E-state index in [-0.39, 0.29) is 30.0 Å². The molecule has 6 heteroatoms. The number of rotatable bonds is 1. The number of carbonyl (C=O) groups excluding carboxylic acids is 1. The molecule has 1 heterocycles. The number of aryl methyl sites for hydroxylation is 2. The molecule has 110 valence electrons. The van der Waals surface area contributed by atoms with Crippen LogP contribution in [0.25, 0.3) is 0 Å². The Bertz CT molecular complexity index is 653. The average Bonchev–Trinajstić information content (AvgIpc) is 2.32. The maximum absolute atomic E-state index is 12.6. The van der Waals surface area contributed by atoms with Crippen molar-refractivity contribution in [3.63, 3.8) is 0 Å². The van der Waals surface area contributed by atoms with Gasteiger partial charge in [0.15, 0.2) is 9.84 Å². The molecule has 1 aromatic rings. The van der Waals surface area contributed by atoms with E-state index in [1.807, 2.05) is 19.9 Å². The van der Waals surface area contributed by atoms with Crippen molar-refractivity contribution in [3.8, 4) is 0 Å². The first-order valence-electron chi connectivity index (χ1n) is 6.59. The van der Waals surface area contributed by atoms with Crippen LogP contribution < -0.4 is 5.73 Å². The summed E-state index contributed by atoms with van der Waals surface area (Å²) in [6.45, 7) is 5.77. The highest BCUT2D eigenvalue weighted by molar-refractivity contribution is 7.91. The van der Waals surface area contributed by atoms with Gasteiger partial charge in [0.1, 0.15) is 0 Å². The standard InChI is InChI=1S/C14H20N2O3S/c1-9-6-10(2)13(15)7-12(9)14(17)16-4-5-20(18,19)8-11(16)3/h6-7,11H,4-5,8,15H2,1-3H3. The Morgan fingerprint density at radius 1 is 1.30 bits per heavy atom. The van der Waals surface area contributed by atoms with Crippen LogP contribution in [0.15, 0.2) is 12.1 Å². The number of nitrogens with zero attached hydrogens (tertiary/aromatic N) is 1. The minimum Gasteiger partial charge on any atom is -0.398 e. The molecule has 2 N–H and O–H groups in total. The molecule has 0 aliphatic carbocycles. The quantitative estimate of drug-likeness (QED) is 0.788. The van der Waals surface area contributed by atoms with Crippen LogP contribution in [0.1, 0.15) is 28.4 Å². The lowest BCUT2D eigenvalue weighted by Crippen LogP contribution is -2.49. The molecule has 0 radical (unpaired) electrons. The van der Waals surface area contributed by atoms with Crippen LogP contribution in [0.2, 0.25) is 0 Å². The molecule has 1 aliphatic rings. The second-order valence-corrected chi connectivity index (χ2v) is 7.71. The molecule has 1 aromatic carbocycles. The zero-order valence-corrected chi connectivity index (χ0v) is 12.8. The zero-order chi connectivity index (χ0) is 15.1. The van der Waals surface area contributed by atoms with E-state index in [9.17, 15) is 13.2 Å². The first-order valence-corrected chi connectivity index (χ1v) is 8.41. The second-order valence-electron chi connectivity index (χ2n) is 5.49. The number of carbonyl (C=O) groups is 1. The van der Waals surface area contributed by atoms with Gasteiger partial charge in [-0.1, -0.05) is 6.07 Å². The third-order valence-corrected chi connectivity index (χ3v) is 5.57. The molecule has 0 bridgehead atoms. The summed E-state index contributed by atoms with van der Waals surface area (Å²) in [5.41, 5.74) is 8.80. The normalized spacial score (nSPS) is 21.8. The Kier molecular flexibility index (Phi) is 3.77. The highest BCUT2D eigenvalue weighted by Gasteiger charge is 2.32. The van der Waals surface area contributed by atoms with Gasteiger partial charge in [-0.15, -0.1) is 0 Å². The van der Waals surface area contributed by atoms with Crippen LogP contribution in [-0.2, 0) is 9.84 Å². The van der Waals surface area contributed by atoms with E-state index >= 15 is 0 Å². The van der Waals surface area contributed by atoms with Crippen molar-refractivity contribution >= 4 is 21.4 Å². The molecule has 1 aliphatic heterocycles. The predicted octanol–water partition coefficient (Wildman–Crippen LogP) is 1.14. The molecule has 20 heavy (non-hydrogen) atoms. The monoisotopic (exact) mass is 296 g/mol. The van der Waals surface area contributed by atoms with Gasteiger partial charge >= 0.3 is 0 Å². The van der Waals surface area contributed by atoms with Gasteiger partial charge in [-0.2, -0.15) is 0 Å².